The van der Waals surface area contributed by atoms with Crippen molar-refractivity contribution in [2.75, 3.05) is 0 Å². The highest BCUT2D eigenvalue weighted by Gasteiger charge is 2.15. The summed E-state index contributed by atoms with van der Waals surface area (Å²) < 4.78 is 15.1. The van der Waals surface area contributed by atoms with Crippen molar-refractivity contribution in [3.05, 3.63) is 47.3 Å². The molecule has 1 unspecified atom stereocenters. The molecular weight excluding hydrogens is 245 g/mol. The number of rotatable bonds is 5. The third-order valence-electron chi connectivity index (χ3n) is 3.03. The van der Waals surface area contributed by atoms with Crippen molar-refractivity contribution in [2.24, 2.45) is 5.84 Å². The molecule has 5 nitrogen and oxygen atoms in total. The molecule has 19 heavy (non-hydrogen) atoms. The second-order valence-corrected chi connectivity index (χ2v) is 4.45. The first-order valence-electron chi connectivity index (χ1n) is 6.24. The molecule has 1 atom stereocenters. The molecule has 0 aromatic carbocycles. The average molecular weight is 263 g/mol. The van der Waals surface area contributed by atoms with Crippen LogP contribution in [0.1, 0.15) is 29.9 Å². The molecule has 0 radical (unpaired) electrons. The Morgan fingerprint density at radius 2 is 2.21 bits per heavy atom. The number of nitrogens with one attached hydrogen (secondary N) is 1. The number of nitrogens with two attached hydrogens (primary N) is 1. The molecule has 0 saturated heterocycles. The zero-order valence-electron chi connectivity index (χ0n) is 11.1. The van der Waals surface area contributed by atoms with Crippen molar-refractivity contribution < 1.29 is 4.39 Å². The van der Waals surface area contributed by atoms with Gasteiger partial charge in [0.15, 0.2) is 0 Å². The quantitative estimate of drug-likeness (QED) is 0.633. The van der Waals surface area contributed by atoms with E-state index in [9.17, 15) is 4.39 Å². The highest BCUT2D eigenvalue weighted by Crippen LogP contribution is 2.18. The fourth-order valence-corrected chi connectivity index (χ4v) is 2.14. The van der Waals surface area contributed by atoms with Crippen LogP contribution in [0, 0.1) is 12.7 Å². The Kier molecular flexibility index (Phi) is 4.24. The molecule has 2 aromatic heterocycles. The molecule has 0 spiro atoms. The summed E-state index contributed by atoms with van der Waals surface area (Å²) in [7, 11) is 0. The molecule has 102 valence electrons. The summed E-state index contributed by atoms with van der Waals surface area (Å²) in [6, 6.07) is 3.27. The van der Waals surface area contributed by atoms with Crippen LogP contribution in [-0.2, 0) is 13.0 Å². The molecule has 0 fully saturated rings. The number of nitrogens with zero attached hydrogens (tertiary/aromatic N) is 3. The molecule has 0 bridgehead atoms. The molecule has 2 rings (SSSR count). The van der Waals surface area contributed by atoms with Gasteiger partial charge < -0.3 is 0 Å². The molecule has 2 aromatic rings. The van der Waals surface area contributed by atoms with Gasteiger partial charge in [-0.05, 0) is 31.5 Å². The van der Waals surface area contributed by atoms with Crippen LogP contribution in [0.15, 0.2) is 24.5 Å². The molecule has 0 amide bonds. The largest absolute Gasteiger partial charge is 0.271 e. The lowest BCUT2D eigenvalue weighted by Crippen LogP contribution is -2.30. The Morgan fingerprint density at radius 1 is 1.42 bits per heavy atom. The van der Waals surface area contributed by atoms with Crippen LogP contribution in [-0.4, -0.2) is 14.8 Å². The first-order valence-corrected chi connectivity index (χ1v) is 6.24. The summed E-state index contributed by atoms with van der Waals surface area (Å²) in [6.45, 7) is 4.77. The van der Waals surface area contributed by atoms with Gasteiger partial charge in [-0.3, -0.25) is 20.9 Å². The van der Waals surface area contributed by atoms with Crippen LogP contribution in [0.25, 0.3) is 0 Å². The predicted octanol–water partition coefficient (Wildman–Crippen LogP) is 1.49. The van der Waals surface area contributed by atoms with Gasteiger partial charge >= 0.3 is 0 Å². The van der Waals surface area contributed by atoms with Crippen LogP contribution in [0.3, 0.4) is 0 Å². The molecular formula is C13H18FN5. The summed E-state index contributed by atoms with van der Waals surface area (Å²) in [6.07, 6.45) is 3.43. The molecule has 2 heterocycles. The summed E-state index contributed by atoms with van der Waals surface area (Å²) in [4.78, 5) is 3.85. The van der Waals surface area contributed by atoms with E-state index in [-0.39, 0.29) is 11.9 Å². The predicted molar refractivity (Wildman–Crippen MR) is 70.6 cm³/mol. The fraction of sp³-hybridized carbons (Fsp3) is 0.385. The van der Waals surface area contributed by atoms with Crippen molar-refractivity contribution in [3.63, 3.8) is 0 Å². The Bertz CT molecular complexity index is 552. The smallest absolute Gasteiger partial charge is 0.141 e. The van der Waals surface area contributed by atoms with Crippen LogP contribution >= 0.6 is 0 Å². The van der Waals surface area contributed by atoms with Crippen LogP contribution in [0.4, 0.5) is 4.39 Å². The van der Waals surface area contributed by atoms with Crippen LogP contribution < -0.4 is 11.3 Å². The first kappa shape index (κ1) is 13.6. The van der Waals surface area contributed by atoms with Crippen molar-refractivity contribution in [2.45, 2.75) is 32.9 Å². The van der Waals surface area contributed by atoms with Crippen molar-refractivity contribution in [1.29, 1.82) is 0 Å². The number of hydrogen-bond acceptors (Lipinski definition) is 4. The molecule has 6 heteroatoms. The minimum Gasteiger partial charge on any atom is -0.271 e. The number of aromatic nitrogens is 3. The normalized spacial score (nSPS) is 12.6. The summed E-state index contributed by atoms with van der Waals surface area (Å²) in [5.74, 6) is 5.21. The minimum atomic E-state index is -0.363. The Morgan fingerprint density at radius 3 is 2.84 bits per heavy atom. The van der Waals surface area contributed by atoms with E-state index < -0.39 is 0 Å². The Balaban J connectivity index is 2.23. The fourth-order valence-electron chi connectivity index (χ4n) is 2.14. The lowest BCUT2D eigenvalue weighted by atomic mass is 10.0. The van der Waals surface area contributed by atoms with Crippen molar-refractivity contribution in [3.8, 4) is 0 Å². The topological polar surface area (TPSA) is 68.8 Å². The Hall–Kier alpha value is -1.79. The number of hydrogen-bond donors (Lipinski definition) is 2. The monoisotopic (exact) mass is 263 g/mol. The lowest BCUT2D eigenvalue weighted by molar-refractivity contribution is 0.511. The summed E-state index contributed by atoms with van der Waals surface area (Å²) in [5, 5.41) is 4.39. The highest BCUT2D eigenvalue weighted by molar-refractivity contribution is 5.19. The van der Waals surface area contributed by atoms with Gasteiger partial charge in [0, 0.05) is 24.9 Å². The first-order chi connectivity index (χ1) is 9.13. The summed E-state index contributed by atoms with van der Waals surface area (Å²) in [5.41, 5.74) is 5.46. The van der Waals surface area contributed by atoms with Gasteiger partial charge in [0.2, 0.25) is 0 Å². The van der Waals surface area contributed by atoms with Crippen molar-refractivity contribution >= 4 is 0 Å². The summed E-state index contributed by atoms with van der Waals surface area (Å²) >= 11 is 0. The van der Waals surface area contributed by atoms with E-state index in [1.54, 1.807) is 6.20 Å². The molecule has 0 aliphatic carbocycles. The lowest BCUT2D eigenvalue weighted by Gasteiger charge is -2.16. The maximum absolute atomic E-state index is 13.2. The zero-order valence-corrected chi connectivity index (χ0v) is 11.1. The second-order valence-electron chi connectivity index (χ2n) is 4.45. The molecule has 0 aliphatic heterocycles. The Labute approximate surface area is 111 Å². The van der Waals surface area contributed by atoms with E-state index in [1.165, 1.54) is 12.3 Å². The van der Waals surface area contributed by atoms with E-state index in [2.05, 4.69) is 15.5 Å². The van der Waals surface area contributed by atoms with Gasteiger partial charge in [-0.15, -0.1) is 0 Å². The van der Waals surface area contributed by atoms with Gasteiger partial charge in [-0.25, -0.2) is 4.39 Å². The molecule has 0 aliphatic rings. The SMILES string of the molecule is CCn1nc(C)cc1CC(NN)c1cncc(F)c1. The van der Waals surface area contributed by atoms with E-state index in [0.29, 0.717) is 6.42 Å². The van der Waals surface area contributed by atoms with E-state index in [1.807, 2.05) is 24.6 Å². The van der Waals surface area contributed by atoms with Crippen LogP contribution in [0.2, 0.25) is 0 Å². The third-order valence-corrected chi connectivity index (χ3v) is 3.03. The van der Waals surface area contributed by atoms with E-state index in [0.717, 1.165) is 23.5 Å². The maximum Gasteiger partial charge on any atom is 0.141 e. The average Bonchev–Trinajstić information content (AvgIpc) is 2.76. The van der Waals surface area contributed by atoms with Crippen molar-refractivity contribution in [1.82, 2.24) is 20.2 Å². The number of hydrazine groups is 1. The third kappa shape index (κ3) is 3.15. The second kappa shape index (κ2) is 5.90. The molecule has 3 N–H and O–H groups in total. The number of aryl methyl sites for hydroxylation is 2. The van der Waals surface area contributed by atoms with E-state index >= 15 is 0 Å². The minimum absolute atomic E-state index is 0.190. The molecule has 0 saturated carbocycles. The van der Waals surface area contributed by atoms with Crippen LogP contribution in [0.5, 0.6) is 0 Å². The van der Waals surface area contributed by atoms with Gasteiger partial charge in [0.1, 0.15) is 5.82 Å². The van der Waals surface area contributed by atoms with E-state index in [4.69, 9.17) is 5.84 Å². The standard InChI is InChI=1S/C13H18FN5/c1-3-19-12(4-9(2)18-19)6-13(17-15)10-5-11(14)8-16-7-10/h4-5,7-8,13,17H,3,6,15H2,1-2H3. The van der Waals surface area contributed by atoms with Gasteiger partial charge in [-0.2, -0.15) is 5.10 Å². The highest BCUT2D eigenvalue weighted by atomic mass is 19.1. The van der Waals surface area contributed by atoms with Gasteiger partial charge in [-0.1, -0.05) is 0 Å². The maximum atomic E-state index is 13.2. The van der Waals surface area contributed by atoms with Gasteiger partial charge in [0.25, 0.3) is 0 Å². The van der Waals surface area contributed by atoms with Gasteiger partial charge in [0.05, 0.1) is 17.9 Å². The zero-order chi connectivity index (χ0) is 13.8. The number of halogens is 1. The number of pyridine rings is 1.